The first kappa shape index (κ1) is 18.2. The highest BCUT2D eigenvalue weighted by Gasteiger charge is 2.34. The Balaban J connectivity index is 2.15. The second kappa shape index (κ2) is 10.8. The predicted molar refractivity (Wildman–Crippen MR) is 91.5 cm³/mol. The Hall–Kier alpha value is 0.170. The lowest BCUT2D eigenvalue weighted by Crippen LogP contribution is -2.21. The second-order valence-electron chi connectivity index (χ2n) is 5.96. The van der Waals surface area contributed by atoms with Gasteiger partial charge in [-0.05, 0) is 25.7 Å². The van der Waals surface area contributed by atoms with Crippen LogP contribution < -0.4 is 0 Å². The maximum absolute atomic E-state index is 10.6. The van der Waals surface area contributed by atoms with E-state index in [2.05, 4.69) is 17.7 Å². The van der Waals surface area contributed by atoms with E-state index in [1.807, 2.05) is 10.8 Å². The number of aliphatic carboxylic acids is 1. The van der Waals surface area contributed by atoms with Gasteiger partial charge in [-0.3, -0.25) is 4.79 Å². The molecule has 1 aliphatic rings. The van der Waals surface area contributed by atoms with Crippen LogP contribution in [0.4, 0.5) is 0 Å². The first-order valence-electron chi connectivity index (χ1n) is 8.21. The van der Waals surface area contributed by atoms with E-state index < -0.39 is 5.97 Å². The molecule has 1 rings (SSSR count). The largest absolute Gasteiger partial charge is 0.481 e. The van der Waals surface area contributed by atoms with Crippen LogP contribution in [0.25, 0.3) is 0 Å². The third kappa shape index (κ3) is 7.82. The molecule has 0 bridgehead atoms. The molecule has 20 heavy (non-hydrogen) atoms. The molecule has 2 nitrogen and oxygen atoms in total. The summed E-state index contributed by atoms with van der Waals surface area (Å²) in [4.78, 5) is 10.6. The Bertz CT molecular complexity index is 263. The third-order valence-electron chi connectivity index (χ3n) is 4.14. The summed E-state index contributed by atoms with van der Waals surface area (Å²) in [6.07, 6.45) is 14.4. The molecule has 0 saturated carbocycles. The maximum atomic E-state index is 10.6. The Morgan fingerprint density at radius 1 is 1.05 bits per heavy atom. The van der Waals surface area contributed by atoms with Gasteiger partial charge in [0.25, 0.3) is 0 Å². The van der Waals surface area contributed by atoms with Crippen molar-refractivity contribution < 1.29 is 9.90 Å². The Labute approximate surface area is 132 Å². The van der Waals surface area contributed by atoms with Gasteiger partial charge in [-0.25, -0.2) is 0 Å². The molecule has 1 unspecified atom stereocenters. The number of hydrogen-bond acceptors (Lipinski definition) is 3. The van der Waals surface area contributed by atoms with E-state index in [9.17, 15) is 4.79 Å². The van der Waals surface area contributed by atoms with E-state index in [1.165, 1.54) is 63.5 Å². The molecule has 0 aromatic heterocycles. The smallest absolute Gasteiger partial charge is 0.303 e. The van der Waals surface area contributed by atoms with Crippen LogP contribution in [-0.4, -0.2) is 21.6 Å². The highest BCUT2D eigenvalue weighted by Crippen LogP contribution is 2.52. The van der Waals surface area contributed by atoms with E-state index in [4.69, 9.17) is 5.11 Å². The summed E-state index contributed by atoms with van der Waals surface area (Å²) in [5.41, 5.74) is 0. The Kier molecular flexibility index (Phi) is 9.87. The van der Waals surface area contributed by atoms with E-state index in [0.29, 0.717) is 11.2 Å². The molecule has 1 aliphatic heterocycles. The van der Waals surface area contributed by atoms with Crippen LogP contribution in [0.1, 0.15) is 84.0 Å². The molecule has 1 heterocycles. The number of carboxylic acid groups (broad SMARTS) is 1. The molecular weight excluding hydrogens is 288 g/mol. The minimum Gasteiger partial charge on any atom is -0.481 e. The van der Waals surface area contributed by atoms with E-state index >= 15 is 0 Å². The number of rotatable bonds is 12. The van der Waals surface area contributed by atoms with Crippen molar-refractivity contribution in [2.75, 3.05) is 5.75 Å². The van der Waals surface area contributed by atoms with Gasteiger partial charge in [-0.1, -0.05) is 73.5 Å². The van der Waals surface area contributed by atoms with Crippen LogP contribution in [0, 0.1) is 0 Å². The molecule has 0 aromatic rings. The quantitative estimate of drug-likeness (QED) is 0.359. The minimum atomic E-state index is -0.650. The summed E-state index contributed by atoms with van der Waals surface area (Å²) >= 11 is 0. The average molecular weight is 319 g/mol. The van der Waals surface area contributed by atoms with Gasteiger partial charge in [0.2, 0.25) is 0 Å². The molecular formula is C16H30O2S2. The van der Waals surface area contributed by atoms with Crippen molar-refractivity contribution in [1.82, 2.24) is 0 Å². The lowest BCUT2D eigenvalue weighted by Gasteiger charge is -2.27. The topological polar surface area (TPSA) is 37.3 Å². The normalized spacial score (nSPS) is 22.2. The van der Waals surface area contributed by atoms with Crippen molar-refractivity contribution in [3.8, 4) is 0 Å². The molecule has 1 saturated heterocycles. The van der Waals surface area contributed by atoms with Gasteiger partial charge in [-0.2, -0.15) is 0 Å². The van der Waals surface area contributed by atoms with Crippen LogP contribution in [-0.2, 0) is 4.79 Å². The average Bonchev–Trinajstić information content (AvgIpc) is 2.88. The lowest BCUT2D eigenvalue weighted by molar-refractivity contribution is -0.137. The van der Waals surface area contributed by atoms with Crippen molar-refractivity contribution >= 4 is 27.6 Å². The SMILES string of the molecule is CCCCCCCCC1(CCCCC(=O)O)CCSS1. The van der Waals surface area contributed by atoms with Crippen molar-refractivity contribution in [1.29, 1.82) is 0 Å². The van der Waals surface area contributed by atoms with Gasteiger partial charge in [0.15, 0.2) is 0 Å². The molecule has 0 aromatic carbocycles. The first-order chi connectivity index (χ1) is 9.68. The minimum absolute atomic E-state index is 0.338. The molecule has 1 N–H and O–H groups in total. The fourth-order valence-electron chi connectivity index (χ4n) is 2.85. The Morgan fingerprint density at radius 2 is 1.70 bits per heavy atom. The Morgan fingerprint density at radius 3 is 2.30 bits per heavy atom. The van der Waals surface area contributed by atoms with E-state index in [-0.39, 0.29) is 0 Å². The highest BCUT2D eigenvalue weighted by molar-refractivity contribution is 8.77. The fourth-order valence-corrected chi connectivity index (χ4v) is 6.42. The summed E-state index contributed by atoms with van der Waals surface area (Å²) in [7, 11) is 4.10. The van der Waals surface area contributed by atoms with Crippen LogP contribution in [0.5, 0.6) is 0 Å². The van der Waals surface area contributed by atoms with Gasteiger partial charge in [0, 0.05) is 16.9 Å². The predicted octanol–water partition coefficient (Wildman–Crippen LogP) is 5.91. The standard InChI is InChI=1S/C16H30O2S2/c1-2-3-4-5-6-8-11-16(13-14-19-20-16)12-9-7-10-15(17)18/h2-14H2,1H3,(H,17,18). The molecule has 4 heteroatoms. The molecule has 0 aliphatic carbocycles. The van der Waals surface area contributed by atoms with Crippen molar-refractivity contribution in [2.24, 2.45) is 0 Å². The zero-order valence-corrected chi connectivity index (χ0v) is 14.5. The van der Waals surface area contributed by atoms with Gasteiger partial charge in [0.05, 0.1) is 0 Å². The third-order valence-corrected chi connectivity index (χ3v) is 7.50. The fraction of sp³-hybridized carbons (Fsp3) is 0.938. The van der Waals surface area contributed by atoms with Crippen LogP contribution >= 0.6 is 21.6 Å². The summed E-state index contributed by atoms with van der Waals surface area (Å²) in [5.74, 6) is 0.628. The summed E-state index contributed by atoms with van der Waals surface area (Å²) in [6.45, 7) is 2.26. The van der Waals surface area contributed by atoms with Gasteiger partial charge in [0.1, 0.15) is 0 Å². The first-order valence-corrected chi connectivity index (χ1v) is 10.5. The summed E-state index contributed by atoms with van der Waals surface area (Å²) in [5, 5.41) is 8.70. The van der Waals surface area contributed by atoms with E-state index in [1.54, 1.807) is 0 Å². The monoisotopic (exact) mass is 318 g/mol. The lowest BCUT2D eigenvalue weighted by atomic mass is 9.91. The van der Waals surface area contributed by atoms with Crippen LogP contribution in [0.2, 0.25) is 0 Å². The summed E-state index contributed by atoms with van der Waals surface area (Å²) < 4.78 is 0.466. The van der Waals surface area contributed by atoms with E-state index in [0.717, 1.165) is 12.8 Å². The van der Waals surface area contributed by atoms with Gasteiger partial charge in [-0.15, -0.1) is 0 Å². The molecule has 0 spiro atoms. The zero-order valence-electron chi connectivity index (χ0n) is 12.9. The van der Waals surface area contributed by atoms with Crippen molar-refractivity contribution in [2.45, 2.75) is 88.7 Å². The zero-order chi connectivity index (χ0) is 14.7. The second-order valence-corrected chi connectivity index (χ2v) is 8.84. The molecule has 118 valence electrons. The molecule has 1 fully saturated rings. The molecule has 1 atom stereocenters. The number of carboxylic acids is 1. The number of hydrogen-bond donors (Lipinski definition) is 1. The van der Waals surface area contributed by atoms with Gasteiger partial charge >= 0.3 is 5.97 Å². The highest BCUT2D eigenvalue weighted by atomic mass is 33.1. The van der Waals surface area contributed by atoms with Gasteiger partial charge < -0.3 is 5.11 Å². The van der Waals surface area contributed by atoms with Crippen LogP contribution in [0.15, 0.2) is 0 Å². The molecule has 0 amide bonds. The summed E-state index contributed by atoms with van der Waals surface area (Å²) in [6, 6.07) is 0. The number of carbonyl (C=O) groups is 1. The van der Waals surface area contributed by atoms with Crippen molar-refractivity contribution in [3.63, 3.8) is 0 Å². The number of unbranched alkanes of at least 4 members (excludes halogenated alkanes) is 6. The van der Waals surface area contributed by atoms with Crippen LogP contribution in [0.3, 0.4) is 0 Å². The molecule has 0 radical (unpaired) electrons. The maximum Gasteiger partial charge on any atom is 0.303 e. The van der Waals surface area contributed by atoms with Crippen molar-refractivity contribution in [3.05, 3.63) is 0 Å².